The second-order valence-electron chi connectivity index (χ2n) is 7.32. The molecule has 0 aromatic carbocycles. The van der Waals surface area contributed by atoms with Gasteiger partial charge in [-0.05, 0) is 44.2 Å². The van der Waals surface area contributed by atoms with E-state index in [0.29, 0.717) is 38.3 Å². The van der Waals surface area contributed by atoms with Gasteiger partial charge in [0.15, 0.2) is 0 Å². The Hall–Kier alpha value is -2.03. The molecule has 0 aliphatic carbocycles. The lowest BCUT2D eigenvalue weighted by Crippen LogP contribution is -2.51. The number of pyridine rings is 1. The lowest BCUT2D eigenvalue weighted by molar-refractivity contribution is -0.128. The lowest BCUT2D eigenvalue weighted by atomic mass is 9.96. The van der Waals surface area contributed by atoms with E-state index >= 15 is 0 Å². The quantitative estimate of drug-likeness (QED) is 0.630. The smallest absolute Gasteiger partial charge is 0.270 e. The van der Waals surface area contributed by atoms with Crippen molar-refractivity contribution in [1.29, 1.82) is 0 Å². The van der Waals surface area contributed by atoms with Crippen molar-refractivity contribution in [1.82, 2.24) is 15.6 Å². The summed E-state index contributed by atoms with van der Waals surface area (Å²) in [7, 11) is 0. The fraction of sp³-hybridized carbons (Fsp3) is 0.650. The van der Waals surface area contributed by atoms with E-state index in [-0.39, 0.29) is 36.5 Å². The Labute approximate surface area is 165 Å². The van der Waals surface area contributed by atoms with Crippen LogP contribution in [0.4, 0.5) is 0 Å². The van der Waals surface area contributed by atoms with E-state index in [4.69, 9.17) is 9.47 Å². The van der Waals surface area contributed by atoms with E-state index in [1.54, 1.807) is 24.4 Å². The molecule has 2 saturated heterocycles. The number of aliphatic hydroxyl groups is 1. The number of aliphatic hydroxyl groups excluding tert-OH is 1. The summed E-state index contributed by atoms with van der Waals surface area (Å²) in [6, 6.07) is 4.90. The van der Waals surface area contributed by atoms with Crippen molar-refractivity contribution in [3.05, 3.63) is 30.1 Å². The third kappa shape index (κ3) is 5.73. The topological polar surface area (TPSA) is 110 Å². The Kier molecular flexibility index (Phi) is 7.76. The van der Waals surface area contributed by atoms with Crippen molar-refractivity contribution in [3.63, 3.8) is 0 Å². The van der Waals surface area contributed by atoms with Crippen LogP contribution in [-0.4, -0.2) is 66.5 Å². The first-order valence-corrected chi connectivity index (χ1v) is 10.0. The van der Waals surface area contributed by atoms with Crippen LogP contribution in [0.2, 0.25) is 0 Å². The van der Waals surface area contributed by atoms with Crippen molar-refractivity contribution in [3.8, 4) is 0 Å². The molecule has 2 fully saturated rings. The minimum atomic E-state index is -0.461. The highest BCUT2D eigenvalue weighted by Crippen LogP contribution is 2.22. The van der Waals surface area contributed by atoms with E-state index in [0.717, 1.165) is 19.3 Å². The number of ether oxygens (including phenoxy) is 2. The Morgan fingerprint density at radius 3 is 2.71 bits per heavy atom. The minimum Gasteiger partial charge on any atom is -0.394 e. The first-order chi connectivity index (χ1) is 13.7. The van der Waals surface area contributed by atoms with Crippen molar-refractivity contribution < 1.29 is 24.2 Å². The van der Waals surface area contributed by atoms with Gasteiger partial charge >= 0.3 is 0 Å². The van der Waals surface area contributed by atoms with Crippen molar-refractivity contribution >= 4 is 11.8 Å². The zero-order chi connectivity index (χ0) is 19.8. The van der Waals surface area contributed by atoms with Gasteiger partial charge in [-0.25, -0.2) is 0 Å². The summed E-state index contributed by atoms with van der Waals surface area (Å²) >= 11 is 0. The van der Waals surface area contributed by atoms with Gasteiger partial charge < -0.3 is 25.2 Å². The summed E-state index contributed by atoms with van der Waals surface area (Å²) < 4.78 is 11.2. The molecule has 8 nitrogen and oxygen atoms in total. The maximum Gasteiger partial charge on any atom is 0.270 e. The van der Waals surface area contributed by atoms with Crippen LogP contribution in [-0.2, 0) is 14.3 Å². The zero-order valence-corrected chi connectivity index (χ0v) is 16.0. The Balaban J connectivity index is 1.41. The van der Waals surface area contributed by atoms with Gasteiger partial charge in [-0.3, -0.25) is 14.6 Å². The monoisotopic (exact) mass is 391 g/mol. The largest absolute Gasteiger partial charge is 0.394 e. The van der Waals surface area contributed by atoms with Crippen LogP contribution in [0.1, 0.15) is 42.6 Å². The second-order valence-corrected chi connectivity index (χ2v) is 7.32. The molecule has 28 heavy (non-hydrogen) atoms. The van der Waals surface area contributed by atoms with Crippen LogP contribution in [0.15, 0.2) is 24.4 Å². The van der Waals surface area contributed by atoms with Gasteiger partial charge in [0.05, 0.1) is 18.8 Å². The van der Waals surface area contributed by atoms with E-state index in [9.17, 15) is 14.7 Å². The minimum absolute atomic E-state index is 0.0393. The van der Waals surface area contributed by atoms with Gasteiger partial charge in [-0.2, -0.15) is 0 Å². The summed E-state index contributed by atoms with van der Waals surface area (Å²) in [5, 5.41) is 15.6. The van der Waals surface area contributed by atoms with Gasteiger partial charge in [-0.15, -0.1) is 0 Å². The van der Waals surface area contributed by atoms with Gasteiger partial charge in [0, 0.05) is 31.9 Å². The number of hydrogen-bond donors (Lipinski definition) is 3. The van der Waals surface area contributed by atoms with E-state index < -0.39 is 6.10 Å². The first kappa shape index (κ1) is 20.7. The van der Waals surface area contributed by atoms with E-state index in [1.165, 1.54) is 0 Å². The first-order valence-electron chi connectivity index (χ1n) is 10.0. The van der Waals surface area contributed by atoms with Gasteiger partial charge in [0.25, 0.3) is 5.91 Å². The third-order valence-corrected chi connectivity index (χ3v) is 5.37. The number of carbonyl (C=O) groups is 2. The lowest BCUT2D eigenvalue weighted by Gasteiger charge is -2.36. The number of nitrogens with one attached hydrogen (secondary N) is 2. The number of amides is 2. The SMILES string of the molecule is O=C(N[C@@H]1CC[C@H](CCNC(=O)C2CCOCC2)O[C@H]1CO)c1ccccn1. The number of hydrogen-bond acceptors (Lipinski definition) is 6. The predicted molar refractivity (Wildman–Crippen MR) is 102 cm³/mol. The maximum atomic E-state index is 12.3. The Bertz CT molecular complexity index is 636. The normalized spacial score (nSPS) is 25.8. The van der Waals surface area contributed by atoms with Crippen molar-refractivity contribution in [2.45, 2.75) is 50.4 Å². The molecular weight excluding hydrogens is 362 g/mol. The highest BCUT2D eigenvalue weighted by Gasteiger charge is 2.32. The molecule has 0 unspecified atom stereocenters. The molecule has 2 aliphatic rings. The molecule has 1 aromatic rings. The van der Waals surface area contributed by atoms with Crippen molar-refractivity contribution in [2.24, 2.45) is 5.92 Å². The maximum absolute atomic E-state index is 12.3. The number of nitrogens with zero attached hydrogens (tertiary/aromatic N) is 1. The molecule has 1 aromatic heterocycles. The molecule has 3 N–H and O–H groups in total. The molecule has 154 valence electrons. The van der Waals surface area contributed by atoms with E-state index in [1.807, 2.05) is 0 Å². The molecule has 2 amide bonds. The molecule has 2 aliphatic heterocycles. The van der Waals surface area contributed by atoms with Gasteiger partial charge in [0.1, 0.15) is 11.8 Å². The molecule has 0 spiro atoms. The third-order valence-electron chi connectivity index (χ3n) is 5.37. The van der Waals surface area contributed by atoms with Gasteiger partial charge in [0.2, 0.25) is 5.91 Å². The van der Waals surface area contributed by atoms with E-state index in [2.05, 4.69) is 15.6 Å². The average Bonchev–Trinajstić information content (AvgIpc) is 2.75. The highest BCUT2D eigenvalue weighted by molar-refractivity contribution is 5.92. The number of rotatable bonds is 7. The summed E-state index contributed by atoms with van der Waals surface area (Å²) in [5.41, 5.74) is 0.345. The van der Waals surface area contributed by atoms with Crippen LogP contribution < -0.4 is 10.6 Å². The van der Waals surface area contributed by atoms with Crippen LogP contribution in [0.25, 0.3) is 0 Å². The average molecular weight is 391 g/mol. The molecule has 3 rings (SSSR count). The van der Waals surface area contributed by atoms with Crippen LogP contribution >= 0.6 is 0 Å². The number of aromatic nitrogens is 1. The molecule has 3 atom stereocenters. The summed E-state index contributed by atoms with van der Waals surface area (Å²) in [6.07, 6.45) is 4.77. The Morgan fingerprint density at radius 2 is 2.00 bits per heavy atom. The van der Waals surface area contributed by atoms with Crippen LogP contribution in [0.3, 0.4) is 0 Å². The zero-order valence-electron chi connectivity index (χ0n) is 16.0. The van der Waals surface area contributed by atoms with Gasteiger partial charge in [-0.1, -0.05) is 6.07 Å². The van der Waals surface area contributed by atoms with Crippen LogP contribution in [0.5, 0.6) is 0 Å². The fourth-order valence-corrected chi connectivity index (χ4v) is 3.71. The number of carbonyl (C=O) groups excluding carboxylic acids is 2. The summed E-state index contributed by atoms with van der Waals surface area (Å²) in [5.74, 6) is -0.148. The summed E-state index contributed by atoms with van der Waals surface area (Å²) in [6.45, 7) is 1.67. The molecule has 8 heteroatoms. The summed E-state index contributed by atoms with van der Waals surface area (Å²) in [4.78, 5) is 28.5. The molecule has 3 heterocycles. The molecule has 0 radical (unpaired) electrons. The van der Waals surface area contributed by atoms with Crippen LogP contribution in [0, 0.1) is 5.92 Å². The standard InChI is InChI=1S/C20H29N3O5/c24-13-18-16(23-20(26)17-3-1-2-9-21-17)5-4-15(28-18)6-10-22-19(25)14-7-11-27-12-8-14/h1-3,9,14-16,18,24H,4-8,10-13H2,(H,22,25)(H,23,26)/t15-,16-,18+/m1/s1. The van der Waals surface area contributed by atoms with Crippen molar-refractivity contribution in [2.75, 3.05) is 26.4 Å². The second kappa shape index (κ2) is 10.5. The predicted octanol–water partition coefficient (Wildman–Crippen LogP) is 0.653. The fourth-order valence-electron chi connectivity index (χ4n) is 3.71. The molecule has 0 bridgehead atoms. The Morgan fingerprint density at radius 1 is 1.18 bits per heavy atom. The molecular formula is C20H29N3O5. The highest BCUT2D eigenvalue weighted by atomic mass is 16.5. The molecule has 0 saturated carbocycles.